The van der Waals surface area contributed by atoms with Gasteiger partial charge in [0.1, 0.15) is 5.75 Å². The largest absolute Gasteiger partial charge is 0.487 e. The van der Waals surface area contributed by atoms with Gasteiger partial charge >= 0.3 is 5.57 Å². The van der Waals surface area contributed by atoms with Crippen molar-refractivity contribution in [2.45, 2.75) is 5.57 Å². The lowest BCUT2D eigenvalue weighted by Crippen LogP contribution is -2.25. The standard InChI is InChI=1S/C10H10ClF2N3OS/c11-10(12,13)17-8-3-1-7(2-4-8)15-16-9-14-5-6-18-9/h1-4,15H,5-6H2,(H,14,16). The van der Waals surface area contributed by atoms with Crippen molar-refractivity contribution < 1.29 is 13.5 Å². The predicted octanol–water partition coefficient (Wildman–Crippen LogP) is 2.87. The van der Waals surface area contributed by atoms with Crippen LogP contribution in [0.15, 0.2) is 29.3 Å². The fraction of sp³-hybridized carbons (Fsp3) is 0.300. The lowest BCUT2D eigenvalue weighted by molar-refractivity contribution is -0.0964. The smallest absolute Gasteiger partial charge is 0.420 e. The van der Waals surface area contributed by atoms with Crippen LogP contribution in [0.2, 0.25) is 0 Å². The minimum Gasteiger partial charge on any atom is -0.420 e. The van der Waals surface area contributed by atoms with Crippen LogP contribution in [0.5, 0.6) is 5.75 Å². The summed E-state index contributed by atoms with van der Waals surface area (Å²) in [5.74, 6) is 0.954. The van der Waals surface area contributed by atoms with E-state index in [0.717, 1.165) is 17.5 Å². The zero-order valence-corrected chi connectivity index (χ0v) is 10.7. The lowest BCUT2D eigenvalue weighted by atomic mass is 10.3. The van der Waals surface area contributed by atoms with Gasteiger partial charge in [-0.15, -0.1) is 8.78 Å². The number of ether oxygens (including phenoxy) is 1. The Bertz CT molecular complexity index is 436. The molecule has 0 spiro atoms. The zero-order chi connectivity index (χ0) is 13.0. The molecule has 0 aliphatic carbocycles. The molecule has 0 amide bonds. The number of benzene rings is 1. The number of anilines is 1. The van der Waals surface area contributed by atoms with Gasteiger partial charge in [-0.1, -0.05) is 11.8 Å². The molecule has 18 heavy (non-hydrogen) atoms. The van der Waals surface area contributed by atoms with Gasteiger partial charge in [0.25, 0.3) is 0 Å². The molecule has 8 heteroatoms. The van der Waals surface area contributed by atoms with E-state index < -0.39 is 5.57 Å². The highest BCUT2D eigenvalue weighted by atomic mass is 35.5. The molecule has 1 aromatic rings. The number of rotatable bonds is 4. The highest BCUT2D eigenvalue weighted by Crippen LogP contribution is 2.25. The Balaban J connectivity index is 1.87. The molecule has 0 unspecified atom stereocenters. The van der Waals surface area contributed by atoms with Crippen LogP contribution in [0.3, 0.4) is 0 Å². The molecule has 2 N–H and O–H groups in total. The molecule has 1 aliphatic heterocycles. The summed E-state index contributed by atoms with van der Waals surface area (Å²) in [6.07, 6.45) is 0. The monoisotopic (exact) mass is 293 g/mol. The number of hydrogen-bond acceptors (Lipinski definition) is 5. The first kappa shape index (κ1) is 13.2. The second kappa shape index (κ2) is 5.62. The fourth-order valence-corrected chi connectivity index (χ4v) is 2.05. The number of halogens is 3. The van der Waals surface area contributed by atoms with Crippen molar-refractivity contribution in [2.24, 2.45) is 4.99 Å². The highest BCUT2D eigenvalue weighted by molar-refractivity contribution is 8.14. The van der Waals surface area contributed by atoms with E-state index in [9.17, 15) is 8.78 Å². The molecule has 98 valence electrons. The molecule has 0 atom stereocenters. The van der Waals surface area contributed by atoms with Gasteiger partial charge in [0, 0.05) is 17.4 Å². The number of hydrogen-bond donors (Lipinski definition) is 2. The normalized spacial score (nSPS) is 15.2. The van der Waals surface area contributed by atoms with Crippen molar-refractivity contribution in [1.29, 1.82) is 0 Å². The van der Waals surface area contributed by atoms with Gasteiger partial charge in [-0.2, -0.15) is 0 Å². The summed E-state index contributed by atoms with van der Waals surface area (Å²) in [7, 11) is 0. The molecule has 1 aliphatic rings. The molecule has 0 aromatic heterocycles. The van der Waals surface area contributed by atoms with Gasteiger partial charge in [-0.3, -0.25) is 15.8 Å². The predicted molar refractivity (Wildman–Crippen MR) is 69.4 cm³/mol. The van der Waals surface area contributed by atoms with Crippen molar-refractivity contribution >= 4 is 34.2 Å². The van der Waals surface area contributed by atoms with E-state index in [2.05, 4.69) is 32.2 Å². The molecule has 1 heterocycles. The average molecular weight is 294 g/mol. The van der Waals surface area contributed by atoms with Crippen LogP contribution in [0.1, 0.15) is 0 Å². The molecule has 4 nitrogen and oxygen atoms in total. The van der Waals surface area contributed by atoms with Gasteiger partial charge in [0.15, 0.2) is 5.17 Å². The molecule has 0 bridgehead atoms. The summed E-state index contributed by atoms with van der Waals surface area (Å²) < 4.78 is 28.9. The first-order chi connectivity index (χ1) is 8.53. The van der Waals surface area contributed by atoms with E-state index in [4.69, 9.17) is 0 Å². The Morgan fingerprint density at radius 1 is 1.28 bits per heavy atom. The minimum atomic E-state index is -3.69. The number of amidine groups is 1. The number of hydrazine groups is 1. The number of thioether (sulfide) groups is 1. The lowest BCUT2D eigenvalue weighted by Gasteiger charge is -2.12. The number of nitrogens with zero attached hydrogens (tertiary/aromatic N) is 1. The summed E-state index contributed by atoms with van der Waals surface area (Å²) in [5, 5.41) is 0.808. The zero-order valence-electron chi connectivity index (χ0n) is 9.12. The van der Waals surface area contributed by atoms with Crippen molar-refractivity contribution in [3.8, 4) is 5.75 Å². The van der Waals surface area contributed by atoms with Gasteiger partial charge < -0.3 is 4.74 Å². The Labute approximate surface area is 112 Å². The summed E-state index contributed by atoms with van der Waals surface area (Å²) in [6, 6.07) is 5.96. The summed E-state index contributed by atoms with van der Waals surface area (Å²) in [4.78, 5) is 4.18. The van der Waals surface area contributed by atoms with Crippen molar-refractivity contribution in [2.75, 3.05) is 17.7 Å². The van der Waals surface area contributed by atoms with Crippen molar-refractivity contribution in [3.05, 3.63) is 24.3 Å². The molecular weight excluding hydrogens is 284 g/mol. The van der Waals surface area contributed by atoms with Gasteiger partial charge in [0.2, 0.25) is 0 Å². The minimum absolute atomic E-state index is 0.00636. The van der Waals surface area contributed by atoms with Crippen LogP contribution in [-0.2, 0) is 0 Å². The quantitative estimate of drug-likeness (QED) is 0.662. The summed E-state index contributed by atoms with van der Waals surface area (Å²) >= 11 is 6.26. The van der Waals surface area contributed by atoms with Gasteiger partial charge in [-0.05, 0) is 24.3 Å². The summed E-state index contributed by atoms with van der Waals surface area (Å²) in [5.41, 5.74) is 2.82. The fourth-order valence-electron chi connectivity index (χ4n) is 1.28. The number of nitrogens with one attached hydrogen (secondary N) is 2. The van der Waals surface area contributed by atoms with Crippen LogP contribution in [0.25, 0.3) is 0 Å². The first-order valence-electron chi connectivity index (χ1n) is 5.08. The van der Waals surface area contributed by atoms with Crippen molar-refractivity contribution in [3.63, 3.8) is 0 Å². The van der Waals surface area contributed by atoms with Crippen LogP contribution < -0.4 is 15.6 Å². The van der Waals surface area contributed by atoms with E-state index in [1.807, 2.05) is 0 Å². The van der Waals surface area contributed by atoms with E-state index in [1.54, 1.807) is 23.9 Å². The van der Waals surface area contributed by atoms with Crippen LogP contribution >= 0.6 is 23.4 Å². The maximum Gasteiger partial charge on any atom is 0.487 e. The molecule has 2 rings (SSSR count). The third-order valence-electron chi connectivity index (χ3n) is 1.99. The van der Waals surface area contributed by atoms with Gasteiger partial charge in [-0.25, -0.2) is 0 Å². The molecule has 0 saturated carbocycles. The van der Waals surface area contributed by atoms with Crippen LogP contribution in [0, 0.1) is 0 Å². The number of alkyl halides is 3. The Hall–Kier alpha value is -1.21. The maximum absolute atomic E-state index is 12.4. The Morgan fingerprint density at radius 2 is 2.00 bits per heavy atom. The van der Waals surface area contributed by atoms with E-state index in [0.29, 0.717) is 5.69 Å². The van der Waals surface area contributed by atoms with Gasteiger partial charge in [0.05, 0.1) is 12.2 Å². The second-order valence-electron chi connectivity index (χ2n) is 3.36. The molecule has 1 aromatic carbocycles. The third-order valence-corrected chi connectivity index (χ3v) is 2.96. The van der Waals surface area contributed by atoms with E-state index in [-0.39, 0.29) is 5.75 Å². The topological polar surface area (TPSA) is 45.6 Å². The maximum atomic E-state index is 12.4. The number of aliphatic imine (C=N–C) groups is 1. The van der Waals surface area contributed by atoms with E-state index >= 15 is 0 Å². The van der Waals surface area contributed by atoms with Crippen molar-refractivity contribution in [1.82, 2.24) is 5.43 Å². The SMILES string of the molecule is FC(F)(Cl)Oc1ccc(NNC2=NCCS2)cc1. The highest BCUT2D eigenvalue weighted by Gasteiger charge is 2.27. The van der Waals surface area contributed by atoms with E-state index in [1.165, 1.54) is 12.1 Å². The molecular formula is C10H10ClF2N3OS. The Morgan fingerprint density at radius 3 is 2.56 bits per heavy atom. The van der Waals surface area contributed by atoms with Crippen LogP contribution in [-0.4, -0.2) is 23.0 Å². The average Bonchev–Trinajstić information content (AvgIpc) is 2.79. The molecule has 0 saturated heterocycles. The second-order valence-corrected chi connectivity index (χ2v) is 4.88. The molecule has 0 radical (unpaired) electrons. The third kappa shape index (κ3) is 4.23. The summed E-state index contributed by atoms with van der Waals surface area (Å²) in [6.45, 7) is 0.798. The first-order valence-corrected chi connectivity index (χ1v) is 6.44. The Kier molecular flexibility index (Phi) is 4.13. The van der Waals surface area contributed by atoms with Crippen LogP contribution in [0.4, 0.5) is 14.5 Å². The molecule has 0 fully saturated rings.